The molecule has 0 amide bonds. The van der Waals surface area contributed by atoms with E-state index in [0.29, 0.717) is 5.57 Å². The van der Waals surface area contributed by atoms with Gasteiger partial charge in [0.05, 0.1) is 5.35 Å². The molecule has 0 aromatic carbocycles. The SMILES string of the molecule is C#CC(=C)C=C(C)N(CCC)c1ncnc(=CC)c1=CC. The van der Waals surface area contributed by atoms with Crippen LogP contribution in [0, 0.1) is 12.3 Å². The summed E-state index contributed by atoms with van der Waals surface area (Å²) in [6.07, 6.45) is 13.9. The molecular formula is C18H23N3. The fourth-order valence-corrected chi connectivity index (χ4v) is 2.17. The van der Waals surface area contributed by atoms with Crippen LogP contribution < -0.4 is 15.5 Å². The first-order chi connectivity index (χ1) is 10.1. The van der Waals surface area contributed by atoms with Crippen molar-refractivity contribution < 1.29 is 0 Å². The second-order valence-electron chi connectivity index (χ2n) is 4.68. The monoisotopic (exact) mass is 281 g/mol. The molecule has 0 radical (unpaired) electrons. The fourth-order valence-electron chi connectivity index (χ4n) is 2.17. The van der Waals surface area contributed by atoms with Crippen molar-refractivity contribution in [3.63, 3.8) is 0 Å². The van der Waals surface area contributed by atoms with Crippen LogP contribution in [0.5, 0.6) is 0 Å². The second kappa shape index (κ2) is 8.06. The molecule has 0 spiro atoms. The molecule has 0 unspecified atom stereocenters. The van der Waals surface area contributed by atoms with Gasteiger partial charge in [-0.2, -0.15) is 0 Å². The molecule has 21 heavy (non-hydrogen) atoms. The number of aromatic nitrogens is 2. The van der Waals surface area contributed by atoms with Crippen LogP contribution in [0.25, 0.3) is 12.2 Å². The molecule has 0 N–H and O–H groups in total. The number of hydrogen-bond acceptors (Lipinski definition) is 3. The standard InChI is InChI=1S/C18H23N3/c1-7-11-21(15(6)12-14(5)8-2)18-16(9-3)17(10-4)19-13-20-18/h2,9-10,12-13H,5,7,11H2,1,3-4,6H3. The van der Waals surface area contributed by atoms with Gasteiger partial charge in [-0.1, -0.05) is 31.6 Å². The van der Waals surface area contributed by atoms with E-state index in [0.717, 1.165) is 35.0 Å². The summed E-state index contributed by atoms with van der Waals surface area (Å²) in [5, 5.41) is 1.97. The lowest BCUT2D eigenvalue weighted by Gasteiger charge is -2.24. The Labute approximate surface area is 127 Å². The van der Waals surface area contributed by atoms with E-state index in [-0.39, 0.29) is 0 Å². The maximum Gasteiger partial charge on any atom is 0.143 e. The largest absolute Gasteiger partial charge is 0.330 e. The average Bonchev–Trinajstić information content (AvgIpc) is 2.51. The molecule has 1 rings (SSSR count). The molecule has 110 valence electrons. The van der Waals surface area contributed by atoms with Crippen molar-refractivity contribution in [3.05, 3.63) is 40.8 Å². The first-order valence-electron chi connectivity index (χ1n) is 7.14. The molecule has 0 aliphatic carbocycles. The molecule has 3 nitrogen and oxygen atoms in total. The number of terminal acetylenes is 1. The summed E-state index contributed by atoms with van der Waals surface area (Å²) in [6.45, 7) is 12.8. The van der Waals surface area contributed by atoms with E-state index in [1.54, 1.807) is 6.33 Å². The predicted octanol–water partition coefficient (Wildman–Crippen LogP) is 2.39. The summed E-state index contributed by atoms with van der Waals surface area (Å²) < 4.78 is 0. The van der Waals surface area contributed by atoms with Gasteiger partial charge in [0.1, 0.15) is 12.1 Å². The zero-order valence-electron chi connectivity index (χ0n) is 13.3. The third-order valence-electron chi connectivity index (χ3n) is 3.15. The van der Waals surface area contributed by atoms with Crippen LogP contribution in [0.3, 0.4) is 0 Å². The van der Waals surface area contributed by atoms with Gasteiger partial charge in [0, 0.05) is 23.0 Å². The molecule has 0 aliphatic heterocycles. The summed E-state index contributed by atoms with van der Waals surface area (Å²) >= 11 is 0. The molecule has 0 bridgehead atoms. The molecule has 1 aromatic rings. The van der Waals surface area contributed by atoms with Crippen molar-refractivity contribution in [2.45, 2.75) is 34.1 Å². The topological polar surface area (TPSA) is 29.0 Å². The highest BCUT2D eigenvalue weighted by atomic mass is 15.2. The highest BCUT2D eigenvalue weighted by molar-refractivity contribution is 5.52. The van der Waals surface area contributed by atoms with Gasteiger partial charge in [-0.3, -0.25) is 0 Å². The summed E-state index contributed by atoms with van der Waals surface area (Å²) in [4.78, 5) is 10.9. The fraction of sp³-hybridized carbons (Fsp3) is 0.333. The summed E-state index contributed by atoms with van der Waals surface area (Å²) in [6, 6.07) is 0. The van der Waals surface area contributed by atoms with E-state index >= 15 is 0 Å². The summed E-state index contributed by atoms with van der Waals surface area (Å²) in [5.41, 5.74) is 1.69. The van der Waals surface area contributed by atoms with Crippen LogP contribution in [-0.2, 0) is 0 Å². The zero-order chi connectivity index (χ0) is 15.8. The van der Waals surface area contributed by atoms with Crippen molar-refractivity contribution in [2.24, 2.45) is 0 Å². The molecule has 0 aliphatic rings. The third-order valence-corrected chi connectivity index (χ3v) is 3.15. The smallest absolute Gasteiger partial charge is 0.143 e. The lowest BCUT2D eigenvalue weighted by atomic mass is 10.2. The van der Waals surface area contributed by atoms with Crippen molar-refractivity contribution in [1.29, 1.82) is 0 Å². The van der Waals surface area contributed by atoms with Gasteiger partial charge in [-0.25, -0.2) is 9.97 Å². The molecule has 1 heterocycles. The maximum atomic E-state index is 5.39. The molecular weight excluding hydrogens is 258 g/mol. The number of nitrogens with zero attached hydrogens (tertiary/aromatic N) is 3. The van der Waals surface area contributed by atoms with E-state index in [1.165, 1.54) is 0 Å². The highest BCUT2D eigenvalue weighted by Crippen LogP contribution is 2.13. The van der Waals surface area contributed by atoms with Crippen LogP contribution in [0.1, 0.15) is 34.1 Å². The lowest BCUT2D eigenvalue weighted by Crippen LogP contribution is -2.37. The number of allylic oxidation sites excluding steroid dienone is 3. The van der Waals surface area contributed by atoms with E-state index < -0.39 is 0 Å². The second-order valence-corrected chi connectivity index (χ2v) is 4.68. The zero-order valence-corrected chi connectivity index (χ0v) is 13.3. The van der Waals surface area contributed by atoms with E-state index in [2.05, 4.69) is 34.3 Å². The number of anilines is 1. The molecule has 0 fully saturated rings. The Hall–Kier alpha value is -2.34. The minimum absolute atomic E-state index is 0.659. The first kappa shape index (κ1) is 16.7. The molecule has 3 heteroatoms. The summed E-state index contributed by atoms with van der Waals surface area (Å²) in [7, 11) is 0. The first-order valence-corrected chi connectivity index (χ1v) is 7.14. The van der Waals surface area contributed by atoms with E-state index in [9.17, 15) is 0 Å². The van der Waals surface area contributed by atoms with Crippen LogP contribution in [0.4, 0.5) is 5.82 Å². The molecule has 0 saturated heterocycles. The average molecular weight is 281 g/mol. The van der Waals surface area contributed by atoms with Crippen LogP contribution in [0.15, 0.2) is 30.3 Å². The van der Waals surface area contributed by atoms with E-state index in [4.69, 9.17) is 6.42 Å². The minimum Gasteiger partial charge on any atom is -0.330 e. The Kier molecular flexibility index (Phi) is 6.42. The van der Waals surface area contributed by atoms with Gasteiger partial charge >= 0.3 is 0 Å². The molecule has 0 atom stereocenters. The maximum absolute atomic E-state index is 5.39. The predicted molar refractivity (Wildman–Crippen MR) is 90.9 cm³/mol. The number of rotatable bonds is 5. The van der Waals surface area contributed by atoms with Crippen LogP contribution >= 0.6 is 0 Å². The van der Waals surface area contributed by atoms with Crippen molar-refractivity contribution in [1.82, 2.24) is 9.97 Å². The molecule has 0 saturated carbocycles. The Morgan fingerprint density at radius 2 is 2.10 bits per heavy atom. The Morgan fingerprint density at radius 1 is 1.38 bits per heavy atom. The van der Waals surface area contributed by atoms with Gasteiger partial charge in [0.2, 0.25) is 0 Å². The normalized spacial score (nSPS) is 13.2. The quantitative estimate of drug-likeness (QED) is 0.613. The van der Waals surface area contributed by atoms with Gasteiger partial charge in [0.15, 0.2) is 0 Å². The van der Waals surface area contributed by atoms with E-state index in [1.807, 2.05) is 39.0 Å². The number of hydrogen-bond donors (Lipinski definition) is 0. The Bertz CT molecular complexity index is 690. The Morgan fingerprint density at radius 3 is 2.62 bits per heavy atom. The third kappa shape index (κ3) is 4.06. The summed E-state index contributed by atoms with van der Waals surface area (Å²) in [5.74, 6) is 3.45. The van der Waals surface area contributed by atoms with Crippen molar-refractivity contribution >= 4 is 18.0 Å². The Balaban J connectivity index is 3.48. The van der Waals surface area contributed by atoms with Gasteiger partial charge < -0.3 is 4.90 Å². The van der Waals surface area contributed by atoms with Gasteiger partial charge in [-0.15, -0.1) is 6.42 Å². The van der Waals surface area contributed by atoms with Crippen LogP contribution in [0.2, 0.25) is 0 Å². The lowest BCUT2D eigenvalue weighted by molar-refractivity contribution is 0.824. The van der Waals surface area contributed by atoms with Crippen molar-refractivity contribution in [3.8, 4) is 12.3 Å². The minimum atomic E-state index is 0.659. The van der Waals surface area contributed by atoms with Gasteiger partial charge in [-0.05, 0) is 33.3 Å². The molecule has 1 aromatic heterocycles. The van der Waals surface area contributed by atoms with Crippen LogP contribution in [-0.4, -0.2) is 16.5 Å². The highest BCUT2D eigenvalue weighted by Gasteiger charge is 2.11. The van der Waals surface area contributed by atoms with Gasteiger partial charge in [0.25, 0.3) is 0 Å². The van der Waals surface area contributed by atoms with Crippen molar-refractivity contribution in [2.75, 3.05) is 11.4 Å².